The number of carbonyl (C=O) groups excluding carboxylic acids is 1. The van der Waals surface area contributed by atoms with Crippen LogP contribution in [0.2, 0.25) is 0 Å². The van der Waals surface area contributed by atoms with Crippen LogP contribution < -0.4 is 4.74 Å². The summed E-state index contributed by atoms with van der Waals surface area (Å²) in [5.74, 6) is 1.08. The predicted octanol–water partition coefficient (Wildman–Crippen LogP) is 2.54. The molecule has 0 spiro atoms. The van der Waals surface area contributed by atoms with Crippen LogP contribution in [0.4, 0.5) is 0 Å². The van der Waals surface area contributed by atoms with Crippen molar-refractivity contribution in [3.8, 4) is 11.8 Å². The van der Waals surface area contributed by atoms with Gasteiger partial charge in [-0.1, -0.05) is 18.2 Å². The summed E-state index contributed by atoms with van der Waals surface area (Å²) < 4.78 is 11.2. The molecule has 1 aromatic carbocycles. The summed E-state index contributed by atoms with van der Waals surface area (Å²) in [5.41, 5.74) is 1.97. The van der Waals surface area contributed by atoms with Crippen molar-refractivity contribution in [3.63, 3.8) is 0 Å². The first kappa shape index (κ1) is 15.1. The van der Waals surface area contributed by atoms with E-state index in [1.165, 1.54) is 7.11 Å². The van der Waals surface area contributed by atoms with E-state index in [0.29, 0.717) is 17.2 Å². The number of ether oxygens (including phenoxy) is 2. The third-order valence-electron chi connectivity index (χ3n) is 3.83. The predicted molar refractivity (Wildman–Crippen MR) is 84.1 cm³/mol. The Morgan fingerprint density at radius 2 is 2.04 bits per heavy atom. The van der Waals surface area contributed by atoms with Crippen molar-refractivity contribution in [1.29, 1.82) is 5.26 Å². The van der Waals surface area contributed by atoms with Gasteiger partial charge < -0.3 is 14.4 Å². The van der Waals surface area contributed by atoms with Gasteiger partial charge in [0.25, 0.3) is 0 Å². The molecule has 3 rings (SSSR count). The van der Waals surface area contributed by atoms with E-state index >= 15 is 0 Å². The highest BCUT2D eigenvalue weighted by atomic mass is 16.5. The van der Waals surface area contributed by atoms with Gasteiger partial charge in [-0.25, -0.2) is 0 Å². The van der Waals surface area contributed by atoms with Crippen LogP contribution in [0.3, 0.4) is 0 Å². The standard InChI is InChI=1S/C18H16N2O3/c1-20-11-12-8-16(21)17(22-2)9-14(12)18(15(20)10-19)23-13-6-4-3-5-7-13/h3-7,9,11,17H,8H2,1-2H3. The second-order valence-corrected chi connectivity index (χ2v) is 5.35. The molecule has 0 saturated carbocycles. The maximum atomic E-state index is 12.1. The molecule has 5 heteroatoms. The fourth-order valence-corrected chi connectivity index (χ4v) is 2.70. The molecule has 5 nitrogen and oxygen atoms in total. The molecule has 0 bridgehead atoms. The Labute approximate surface area is 134 Å². The highest BCUT2D eigenvalue weighted by Crippen LogP contribution is 2.36. The van der Waals surface area contributed by atoms with Gasteiger partial charge in [0.2, 0.25) is 0 Å². The van der Waals surface area contributed by atoms with Gasteiger partial charge in [-0.3, -0.25) is 4.79 Å². The average molecular weight is 308 g/mol. The zero-order valence-corrected chi connectivity index (χ0v) is 12.9. The number of Topliss-reactive ketones (excluding diaryl/α,β-unsaturated/α-hetero) is 1. The van der Waals surface area contributed by atoms with Crippen LogP contribution in [-0.4, -0.2) is 30.9 Å². The third-order valence-corrected chi connectivity index (χ3v) is 3.83. The minimum absolute atomic E-state index is 0.00429. The van der Waals surface area contributed by atoms with E-state index in [0.717, 1.165) is 11.1 Å². The number of carbonyl (C=O) groups is 1. The number of para-hydroxylation sites is 1. The molecule has 0 N–H and O–H groups in total. The zero-order chi connectivity index (χ0) is 16.4. The Balaban J connectivity index is 2.08. The summed E-state index contributed by atoms with van der Waals surface area (Å²) in [5, 5.41) is 9.49. The molecule has 1 aliphatic heterocycles. The summed E-state index contributed by atoms with van der Waals surface area (Å²) in [6.07, 6.45) is 3.17. The largest absolute Gasteiger partial charge is 0.454 e. The summed E-state index contributed by atoms with van der Waals surface area (Å²) in [4.78, 5) is 13.7. The van der Waals surface area contributed by atoms with E-state index in [1.54, 1.807) is 24.2 Å². The molecule has 23 heavy (non-hydrogen) atoms. The van der Waals surface area contributed by atoms with E-state index < -0.39 is 6.10 Å². The minimum Gasteiger partial charge on any atom is -0.454 e. The lowest BCUT2D eigenvalue weighted by Crippen LogP contribution is -2.31. The number of ketones is 1. The Hall–Kier alpha value is -2.84. The molecule has 0 saturated heterocycles. The van der Waals surface area contributed by atoms with Gasteiger partial charge in [-0.15, -0.1) is 0 Å². The normalized spacial score (nSPS) is 20.5. The average Bonchev–Trinajstić information content (AvgIpc) is 2.55. The molecular formula is C18H16N2O3. The van der Waals surface area contributed by atoms with Crippen molar-refractivity contribution in [2.24, 2.45) is 0 Å². The van der Waals surface area contributed by atoms with E-state index in [1.807, 2.05) is 30.3 Å². The molecule has 0 fully saturated rings. The highest BCUT2D eigenvalue weighted by molar-refractivity contribution is 5.91. The topological polar surface area (TPSA) is 62.6 Å². The van der Waals surface area contributed by atoms with Crippen molar-refractivity contribution < 1.29 is 14.3 Å². The van der Waals surface area contributed by atoms with Crippen LogP contribution in [0.15, 0.2) is 65.2 Å². The van der Waals surface area contributed by atoms with Crippen molar-refractivity contribution in [3.05, 3.63) is 65.2 Å². The van der Waals surface area contributed by atoms with Gasteiger partial charge in [0.05, 0.1) is 0 Å². The second-order valence-electron chi connectivity index (χ2n) is 5.35. The van der Waals surface area contributed by atoms with Gasteiger partial charge in [0.15, 0.2) is 17.2 Å². The van der Waals surface area contributed by atoms with Gasteiger partial charge in [-0.05, 0) is 23.8 Å². The van der Waals surface area contributed by atoms with Crippen LogP contribution in [0.5, 0.6) is 5.75 Å². The van der Waals surface area contributed by atoms with E-state index in [-0.39, 0.29) is 12.2 Å². The highest BCUT2D eigenvalue weighted by Gasteiger charge is 2.33. The maximum absolute atomic E-state index is 12.1. The number of nitriles is 1. The van der Waals surface area contributed by atoms with Crippen LogP contribution >= 0.6 is 0 Å². The number of benzene rings is 1. The van der Waals surface area contributed by atoms with Gasteiger partial charge in [0.1, 0.15) is 17.9 Å². The number of rotatable bonds is 3. The van der Waals surface area contributed by atoms with Gasteiger partial charge in [-0.2, -0.15) is 5.26 Å². The molecule has 0 amide bonds. The lowest BCUT2D eigenvalue weighted by Gasteiger charge is -2.30. The van der Waals surface area contributed by atoms with E-state index in [9.17, 15) is 10.1 Å². The molecule has 2 aliphatic rings. The first-order valence-corrected chi connectivity index (χ1v) is 7.23. The molecule has 1 aromatic rings. The first-order valence-electron chi connectivity index (χ1n) is 7.23. The Kier molecular flexibility index (Phi) is 4.00. The smallest absolute Gasteiger partial charge is 0.169 e. The van der Waals surface area contributed by atoms with Crippen molar-refractivity contribution in [1.82, 2.24) is 4.90 Å². The summed E-state index contributed by atoms with van der Waals surface area (Å²) in [6, 6.07) is 11.4. The summed E-state index contributed by atoms with van der Waals surface area (Å²) >= 11 is 0. The van der Waals surface area contributed by atoms with Crippen LogP contribution in [0, 0.1) is 11.3 Å². The quantitative estimate of drug-likeness (QED) is 0.858. The van der Waals surface area contributed by atoms with Gasteiger partial charge in [0, 0.05) is 32.4 Å². The molecule has 116 valence electrons. The number of allylic oxidation sites excluding steroid dienone is 2. The number of hydrogen-bond acceptors (Lipinski definition) is 5. The van der Waals surface area contributed by atoms with Crippen molar-refractivity contribution in [2.75, 3.05) is 14.2 Å². The molecule has 0 radical (unpaired) electrons. The van der Waals surface area contributed by atoms with Crippen LogP contribution in [0.1, 0.15) is 6.42 Å². The molecule has 1 unspecified atom stereocenters. The minimum atomic E-state index is -0.611. The molecule has 1 heterocycles. The fourth-order valence-electron chi connectivity index (χ4n) is 2.70. The van der Waals surface area contributed by atoms with E-state index in [2.05, 4.69) is 6.07 Å². The van der Waals surface area contributed by atoms with Crippen molar-refractivity contribution in [2.45, 2.75) is 12.5 Å². The molecule has 1 atom stereocenters. The lowest BCUT2D eigenvalue weighted by atomic mass is 9.88. The monoisotopic (exact) mass is 308 g/mol. The number of fused-ring (bicyclic) bond motifs is 1. The molecular weight excluding hydrogens is 292 g/mol. The fraction of sp³-hybridized carbons (Fsp3) is 0.222. The third kappa shape index (κ3) is 2.77. The summed E-state index contributed by atoms with van der Waals surface area (Å²) in [7, 11) is 3.26. The van der Waals surface area contributed by atoms with Crippen LogP contribution in [-0.2, 0) is 9.53 Å². The lowest BCUT2D eigenvalue weighted by molar-refractivity contribution is -0.126. The Bertz CT molecular complexity index is 769. The zero-order valence-electron chi connectivity index (χ0n) is 12.9. The SMILES string of the molecule is COC1C=C2C(=CN(C)C(C#N)=C2Oc2ccccc2)CC1=O. The molecule has 0 aromatic heterocycles. The van der Waals surface area contributed by atoms with Gasteiger partial charge >= 0.3 is 0 Å². The maximum Gasteiger partial charge on any atom is 0.169 e. The molecule has 1 aliphatic carbocycles. The summed E-state index contributed by atoms with van der Waals surface area (Å²) in [6.45, 7) is 0. The Morgan fingerprint density at radius 3 is 2.70 bits per heavy atom. The first-order chi connectivity index (χ1) is 11.1. The number of methoxy groups -OCH3 is 1. The van der Waals surface area contributed by atoms with E-state index in [4.69, 9.17) is 9.47 Å². The second kappa shape index (κ2) is 6.11. The van der Waals surface area contributed by atoms with Crippen molar-refractivity contribution >= 4 is 5.78 Å². The number of nitrogens with zero attached hydrogens (tertiary/aromatic N) is 2. The number of hydrogen-bond donors (Lipinski definition) is 0. The van der Waals surface area contributed by atoms with Crippen LogP contribution in [0.25, 0.3) is 0 Å². The Morgan fingerprint density at radius 1 is 1.30 bits per heavy atom.